The Morgan fingerprint density at radius 3 is 2.33 bits per heavy atom. The van der Waals surface area contributed by atoms with Gasteiger partial charge in [0, 0.05) is 11.5 Å². The maximum atomic E-state index is 13.3. The molecule has 0 N–H and O–H groups in total. The van der Waals surface area contributed by atoms with Crippen LogP contribution in [0.4, 0.5) is 5.69 Å². The second kappa shape index (κ2) is 8.11. The van der Waals surface area contributed by atoms with E-state index in [9.17, 15) is 4.21 Å². The van der Waals surface area contributed by atoms with Crippen LogP contribution >= 0.6 is 15.9 Å². The molecule has 0 bridgehead atoms. The summed E-state index contributed by atoms with van der Waals surface area (Å²) in [5.74, 6) is 0.385. The van der Waals surface area contributed by atoms with E-state index in [-0.39, 0.29) is 0 Å². The quantitative estimate of drug-likeness (QED) is 0.558. The molecular weight excluding hydrogens is 420 g/mol. The summed E-state index contributed by atoms with van der Waals surface area (Å²) >= 11 is 2.36. The van der Waals surface area contributed by atoms with E-state index >= 15 is 0 Å². The molecule has 1 aliphatic carbocycles. The molecule has 0 amide bonds. The van der Waals surface area contributed by atoms with Crippen LogP contribution in [0.15, 0.2) is 63.5 Å². The van der Waals surface area contributed by atoms with Crippen molar-refractivity contribution in [2.75, 3.05) is 4.31 Å². The summed E-state index contributed by atoms with van der Waals surface area (Å²) in [5.41, 5.74) is 5.02. The minimum atomic E-state index is -1.49. The molecule has 4 rings (SSSR count). The number of allylic oxidation sites excluding steroid dienone is 1. The van der Waals surface area contributed by atoms with Crippen LogP contribution in [0.3, 0.4) is 0 Å². The van der Waals surface area contributed by atoms with Crippen LogP contribution in [0.2, 0.25) is 0 Å². The first-order chi connectivity index (χ1) is 13.1. The number of anilines is 1. The zero-order chi connectivity index (χ0) is 18.8. The standard InChI is InChI=1S/C22H23BrN2OS/c1-16-12-14-19(15-13-16)25-22(18-10-6-3-7-11-18)20(23)21(24-27(25)26)17-8-4-2-5-9-17/h3,6-7,10-15,17H,2,4-5,8-9H2,1H3. The molecule has 1 atom stereocenters. The number of aryl methyl sites for hydroxylation is 1. The van der Waals surface area contributed by atoms with Gasteiger partial charge < -0.3 is 0 Å². The van der Waals surface area contributed by atoms with Gasteiger partial charge in [-0.2, -0.15) is 4.40 Å². The Hall–Kier alpha value is -1.72. The van der Waals surface area contributed by atoms with Crippen molar-refractivity contribution in [3.63, 3.8) is 0 Å². The molecule has 1 fully saturated rings. The molecule has 2 aromatic rings. The first-order valence-electron chi connectivity index (χ1n) is 9.48. The monoisotopic (exact) mass is 442 g/mol. The second-order valence-electron chi connectivity index (χ2n) is 7.20. The van der Waals surface area contributed by atoms with Crippen molar-refractivity contribution in [1.82, 2.24) is 0 Å². The van der Waals surface area contributed by atoms with Gasteiger partial charge in [-0.15, -0.1) is 0 Å². The summed E-state index contributed by atoms with van der Waals surface area (Å²) in [6.07, 6.45) is 5.97. The normalized spacial score (nSPS) is 21.3. The Bertz CT molecular complexity index is 900. The first-order valence-corrected chi connectivity index (χ1v) is 11.3. The van der Waals surface area contributed by atoms with Gasteiger partial charge in [-0.1, -0.05) is 67.3 Å². The van der Waals surface area contributed by atoms with Gasteiger partial charge in [0.1, 0.15) is 0 Å². The molecule has 0 aromatic heterocycles. The molecule has 27 heavy (non-hydrogen) atoms. The van der Waals surface area contributed by atoms with Crippen LogP contribution in [0.1, 0.15) is 43.2 Å². The largest absolute Gasteiger partial charge is 0.250 e. The van der Waals surface area contributed by atoms with E-state index in [2.05, 4.69) is 39.4 Å². The second-order valence-corrected chi connectivity index (χ2v) is 9.00. The Morgan fingerprint density at radius 2 is 1.67 bits per heavy atom. The van der Waals surface area contributed by atoms with Gasteiger partial charge in [-0.25, -0.2) is 8.51 Å². The summed E-state index contributed by atoms with van der Waals surface area (Å²) in [6.45, 7) is 2.06. The van der Waals surface area contributed by atoms with Gasteiger partial charge in [0.15, 0.2) is 0 Å². The molecule has 1 aliphatic heterocycles. The van der Waals surface area contributed by atoms with Crippen molar-refractivity contribution in [1.29, 1.82) is 0 Å². The molecule has 2 aliphatic rings. The van der Waals surface area contributed by atoms with Crippen molar-refractivity contribution >= 4 is 44.2 Å². The van der Waals surface area contributed by atoms with Crippen LogP contribution < -0.4 is 4.31 Å². The molecule has 0 saturated heterocycles. The lowest BCUT2D eigenvalue weighted by Gasteiger charge is -2.33. The van der Waals surface area contributed by atoms with E-state index in [1.54, 1.807) is 0 Å². The third-order valence-corrected chi connectivity index (χ3v) is 7.12. The zero-order valence-electron chi connectivity index (χ0n) is 15.4. The fourth-order valence-corrected chi connectivity index (χ4v) is 6.02. The number of nitrogens with zero attached hydrogens (tertiary/aromatic N) is 2. The van der Waals surface area contributed by atoms with E-state index in [1.165, 1.54) is 24.8 Å². The third kappa shape index (κ3) is 3.81. The number of hydrogen-bond acceptors (Lipinski definition) is 1. The van der Waals surface area contributed by atoms with Crippen LogP contribution in [-0.2, 0) is 11.2 Å². The smallest absolute Gasteiger partial charge is 0.239 e. The summed E-state index contributed by atoms with van der Waals surface area (Å²) in [6, 6.07) is 18.3. The molecule has 3 nitrogen and oxygen atoms in total. The predicted molar refractivity (Wildman–Crippen MR) is 118 cm³/mol. The Kier molecular flexibility index (Phi) is 5.60. The molecule has 2 aromatic carbocycles. The molecule has 1 unspecified atom stereocenters. The zero-order valence-corrected chi connectivity index (χ0v) is 17.8. The van der Waals surface area contributed by atoms with Crippen molar-refractivity contribution in [3.05, 3.63) is 70.2 Å². The summed E-state index contributed by atoms with van der Waals surface area (Å²) in [5, 5.41) is 0. The fourth-order valence-electron chi connectivity index (χ4n) is 3.82. The van der Waals surface area contributed by atoms with Crippen LogP contribution in [0.25, 0.3) is 5.70 Å². The lowest BCUT2D eigenvalue weighted by Crippen LogP contribution is -2.32. The van der Waals surface area contributed by atoms with E-state index in [0.717, 1.165) is 40.0 Å². The number of rotatable bonds is 3. The number of benzene rings is 2. The Morgan fingerprint density at radius 1 is 1.00 bits per heavy atom. The van der Waals surface area contributed by atoms with Gasteiger partial charge in [-0.3, -0.25) is 0 Å². The highest BCUT2D eigenvalue weighted by Crippen LogP contribution is 2.40. The average Bonchev–Trinajstić information content (AvgIpc) is 2.71. The molecule has 5 heteroatoms. The maximum Gasteiger partial charge on any atom is 0.250 e. The maximum absolute atomic E-state index is 13.3. The van der Waals surface area contributed by atoms with Crippen molar-refractivity contribution in [3.8, 4) is 0 Å². The molecule has 1 saturated carbocycles. The van der Waals surface area contributed by atoms with E-state index in [1.807, 2.05) is 46.8 Å². The summed E-state index contributed by atoms with van der Waals surface area (Å²) in [7, 11) is 0. The Labute approximate surface area is 172 Å². The minimum absolute atomic E-state index is 0.385. The molecule has 1 heterocycles. The van der Waals surface area contributed by atoms with Crippen LogP contribution in [0, 0.1) is 12.8 Å². The van der Waals surface area contributed by atoms with Gasteiger partial charge in [0.05, 0.1) is 21.6 Å². The minimum Gasteiger partial charge on any atom is -0.239 e. The lowest BCUT2D eigenvalue weighted by molar-refractivity contribution is 0.440. The van der Waals surface area contributed by atoms with Crippen LogP contribution in [0.5, 0.6) is 0 Å². The highest BCUT2D eigenvalue weighted by atomic mass is 79.9. The average molecular weight is 443 g/mol. The number of halogens is 1. The van der Waals surface area contributed by atoms with Gasteiger partial charge in [-0.05, 0) is 47.8 Å². The lowest BCUT2D eigenvalue weighted by atomic mass is 9.85. The summed E-state index contributed by atoms with van der Waals surface area (Å²) < 4.78 is 20.7. The van der Waals surface area contributed by atoms with Crippen molar-refractivity contribution in [2.45, 2.75) is 39.0 Å². The predicted octanol–water partition coefficient (Wildman–Crippen LogP) is 6.18. The molecular formula is C22H23BrN2OS. The van der Waals surface area contributed by atoms with Crippen molar-refractivity contribution in [2.24, 2.45) is 10.3 Å². The third-order valence-electron chi connectivity index (χ3n) is 5.28. The summed E-state index contributed by atoms with van der Waals surface area (Å²) in [4.78, 5) is 0. The van der Waals surface area contributed by atoms with E-state index in [4.69, 9.17) is 0 Å². The van der Waals surface area contributed by atoms with E-state index in [0.29, 0.717) is 5.92 Å². The van der Waals surface area contributed by atoms with Crippen LogP contribution in [-0.4, -0.2) is 9.92 Å². The first kappa shape index (κ1) is 18.6. The molecule has 0 radical (unpaired) electrons. The van der Waals surface area contributed by atoms with Crippen molar-refractivity contribution < 1.29 is 4.21 Å². The van der Waals surface area contributed by atoms with Gasteiger partial charge in [0.25, 0.3) is 11.2 Å². The molecule has 0 spiro atoms. The fraction of sp³-hybridized carbons (Fsp3) is 0.318. The van der Waals surface area contributed by atoms with E-state index < -0.39 is 11.2 Å². The topological polar surface area (TPSA) is 32.7 Å². The Balaban J connectivity index is 1.84. The SMILES string of the molecule is Cc1ccc(N2C(c3ccccc3)=C(Br)C(C3CCCCC3)=NS2=O)cc1. The highest BCUT2D eigenvalue weighted by Gasteiger charge is 2.33. The molecule has 140 valence electrons. The number of hydrogen-bond donors (Lipinski definition) is 0. The van der Waals surface area contributed by atoms with Gasteiger partial charge in [0.2, 0.25) is 0 Å². The van der Waals surface area contributed by atoms with Gasteiger partial charge >= 0.3 is 0 Å². The highest BCUT2D eigenvalue weighted by molar-refractivity contribution is 9.12.